The molecule has 0 spiro atoms. The molecule has 1 aliphatic carbocycles. The zero-order valence-corrected chi connectivity index (χ0v) is 14.4. The first-order valence-corrected chi connectivity index (χ1v) is 8.43. The van der Waals surface area contributed by atoms with E-state index in [4.69, 9.17) is 10.5 Å². The smallest absolute Gasteiger partial charge is 0.0805 e. The van der Waals surface area contributed by atoms with Crippen molar-refractivity contribution in [1.29, 1.82) is 0 Å². The van der Waals surface area contributed by atoms with Crippen LogP contribution in [0.4, 0.5) is 0 Å². The van der Waals surface area contributed by atoms with Crippen LogP contribution in [0.2, 0.25) is 0 Å². The maximum Gasteiger partial charge on any atom is 0.0805 e. The quantitative estimate of drug-likeness (QED) is 0.780. The zero-order chi connectivity index (χ0) is 15.2. The molecule has 0 atom stereocenters. The molecule has 0 amide bonds. The van der Waals surface area contributed by atoms with E-state index in [2.05, 4.69) is 39.5 Å². The van der Waals surface area contributed by atoms with Crippen molar-refractivity contribution in [3.63, 3.8) is 0 Å². The third-order valence-electron chi connectivity index (χ3n) is 5.20. The summed E-state index contributed by atoms with van der Waals surface area (Å²) < 4.78 is 6.25. The van der Waals surface area contributed by atoms with Gasteiger partial charge in [0.25, 0.3) is 0 Å². The second-order valence-corrected chi connectivity index (χ2v) is 7.40. The minimum Gasteiger partial charge on any atom is -0.372 e. The maximum atomic E-state index is 6.25. The van der Waals surface area contributed by atoms with Crippen LogP contribution in [-0.4, -0.2) is 43.3 Å². The first-order chi connectivity index (χ1) is 9.37. The van der Waals surface area contributed by atoms with Crippen LogP contribution in [0.1, 0.15) is 60.3 Å². The van der Waals surface area contributed by atoms with Crippen molar-refractivity contribution in [3.8, 4) is 0 Å². The van der Waals surface area contributed by atoms with E-state index in [1.54, 1.807) is 0 Å². The molecule has 1 fully saturated rings. The van der Waals surface area contributed by atoms with Gasteiger partial charge in [-0.25, -0.2) is 0 Å². The van der Waals surface area contributed by atoms with E-state index in [-0.39, 0.29) is 5.60 Å². The van der Waals surface area contributed by atoms with E-state index in [9.17, 15) is 0 Å². The maximum absolute atomic E-state index is 6.25. The summed E-state index contributed by atoms with van der Waals surface area (Å²) in [6, 6.07) is 0. The molecule has 3 heteroatoms. The first-order valence-electron chi connectivity index (χ1n) is 8.43. The SMILES string of the molecule is CCN(CC)CCOC1(CN)CCC(C(C)(C)C)CC1. The largest absolute Gasteiger partial charge is 0.372 e. The molecule has 0 bridgehead atoms. The predicted octanol–water partition coefficient (Wildman–Crippen LogP) is 3.28. The second kappa shape index (κ2) is 7.77. The highest BCUT2D eigenvalue weighted by Gasteiger charge is 2.38. The van der Waals surface area contributed by atoms with Crippen LogP contribution in [0.3, 0.4) is 0 Å². The monoisotopic (exact) mass is 284 g/mol. The van der Waals surface area contributed by atoms with Gasteiger partial charge in [0.2, 0.25) is 0 Å². The second-order valence-electron chi connectivity index (χ2n) is 7.40. The molecule has 0 aromatic carbocycles. The zero-order valence-electron chi connectivity index (χ0n) is 14.4. The molecule has 20 heavy (non-hydrogen) atoms. The lowest BCUT2D eigenvalue weighted by atomic mass is 9.68. The Morgan fingerprint density at radius 3 is 2.10 bits per heavy atom. The van der Waals surface area contributed by atoms with Crippen LogP contribution in [0, 0.1) is 11.3 Å². The summed E-state index contributed by atoms with van der Waals surface area (Å²) in [5, 5.41) is 0. The van der Waals surface area contributed by atoms with Crippen molar-refractivity contribution in [2.75, 3.05) is 32.8 Å². The lowest BCUT2D eigenvalue weighted by Gasteiger charge is -2.43. The molecule has 1 rings (SSSR count). The summed E-state index contributed by atoms with van der Waals surface area (Å²) in [5.74, 6) is 0.813. The van der Waals surface area contributed by atoms with Crippen molar-refractivity contribution in [2.45, 2.75) is 65.9 Å². The number of likely N-dealkylation sites (N-methyl/N-ethyl adjacent to an activating group) is 1. The molecule has 0 aromatic heterocycles. The van der Waals surface area contributed by atoms with Crippen molar-refractivity contribution in [2.24, 2.45) is 17.1 Å². The van der Waals surface area contributed by atoms with Gasteiger partial charge in [0.1, 0.15) is 0 Å². The summed E-state index contributed by atoms with van der Waals surface area (Å²) in [4.78, 5) is 2.41. The number of hydrogen-bond acceptors (Lipinski definition) is 3. The lowest BCUT2D eigenvalue weighted by Crippen LogP contribution is -2.46. The van der Waals surface area contributed by atoms with Gasteiger partial charge in [-0.15, -0.1) is 0 Å². The van der Waals surface area contributed by atoms with E-state index in [0.717, 1.165) is 45.0 Å². The molecule has 1 saturated carbocycles. The molecule has 0 unspecified atom stereocenters. The molecule has 0 aromatic rings. The summed E-state index contributed by atoms with van der Waals surface area (Å²) in [5.41, 5.74) is 6.41. The molecule has 2 N–H and O–H groups in total. The van der Waals surface area contributed by atoms with Gasteiger partial charge in [-0.1, -0.05) is 34.6 Å². The van der Waals surface area contributed by atoms with Gasteiger partial charge in [0, 0.05) is 13.1 Å². The van der Waals surface area contributed by atoms with Gasteiger partial charge >= 0.3 is 0 Å². The van der Waals surface area contributed by atoms with Gasteiger partial charge < -0.3 is 15.4 Å². The molecule has 0 heterocycles. The van der Waals surface area contributed by atoms with Gasteiger partial charge in [-0.05, 0) is 50.1 Å². The Bertz CT molecular complexity index is 261. The Morgan fingerprint density at radius 1 is 1.15 bits per heavy atom. The van der Waals surface area contributed by atoms with E-state index in [1.807, 2.05) is 0 Å². The standard InChI is InChI=1S/C17H36N2O/c1-6-19(7-2)12-13-20-17(14-18)10-8-15(9-11-17)16(3,4)5/h15H,6-14,18H2,1-5H3. The molecule has 0 radical (unpaired) electrons. The average Bonchev–Trinajstić information content (AvgIpc) is 2.43. The minimum atomic E-state index is -0.0467. The van der Waals surface area contributed by atoms with Gasteiger partial charge in [0.05, 0.1) is 12.2 Å². The molecule has 1 aliphatic rings. The minimum absolute atomic E-state index is 0.0467. The average molecular weight is 284 g/mol. The Kier molecular flexibility index (Phi) is 6.96. The lowest BCUT2D eigenvalue weighted by molar-refractivity contribution is -0.0839. The van der Waals surface area contributed by atoms with Gasteiger partial charge in [-0.2, -0.15) is 0 Å². The van der Waals surface area contributed by atoms with Crippen molar-refractivity contribution < 1.29 is 4.74 Å². The summed E-state index contributed by atoms with van der Waals surface area (Å²) >= 11 is 0. The van der Waals surface area contributed by atoms with Crippen molar-refractivity contribution in [1.82, 2.24) is 4.90 Å². The molecule has 0 aliphatic heterocycles. The number of nitrogens with zero attached hydrogens (tertiary/aromatic N) is 1. The van der Waals surface area contributed by atoms with Crippen LogP contribution in [0.25, 0.3) is 0 Å². The molecular formula is C17H36N2O. The topological polar surface area (TPSA) is 38.5 Å². The van der Waals surface area contributed by atoms with Crippen LogP contribution in [-0.2, 0) is 4.74 Å². The fourth-order valence-corrected chi connectivity index (χ4v) is 3.35. The highest BCUT2D eigenvalue weighted by atomic mass is 16.5. The Hall–Kier alpha value is -0.120. The molecule has 0 saturated heterocycles. The highest BCUT2D eigenvalue weighted by Crippen LogP contribution is 2.42. The third kappa shape index (κ3) is 5.01. The van der Waals surface area contributed by atoms with E-state index in [1.165, 1.54) is 12.8 Å². The Labute approximate surface area is 126 Å². The predicted molar refractivity (Wildman–Crippen MR) is 86.9 cm³/mol. The fraction of sp³-hybridized carbons (Fsp3) is 1.00. The van der Waals surface area contributed by atoms with Crippen LogP contribution >= 0.6 is 0 Å². The Balaban J connectivity index is 2.42. The van der Waals surface area contributed by atoms with Crippen molar-refractivity contribution in [3.05, 3.63) is 0 Å². The van der Waals surface area contributed by atoms with Gasteiger partial charge in [0.15, 0.2) is 0 Å². The normalized spacial score (nSPS) is 28.1. The number of nitrogens with two attached hydrogens (primary N) is 1. The first kappa shape index (κ1) is 17.9. The van der Waals surface area contributed by atoms with Crippen LogP contribution in [0.15, 0.2) is 0 Å². The number of rotatable bonds is 7. The van der Waals surface area contributed by atoms with E-state index >= 15 is 0 Å². The van der Waals surface area contributed by atoms with E-state index in [0.29, 0.717) is 12.0 Å². The summed E-state index contributed by atoms with van der Waals surface area (Å²) in [7, 11) is 0. The van der Waals surface area contributed by atoms with Crippen molar-refractivity contribution >= 4 is 0 Å². The summed E-state index contributed by atoms with van der Waals surface area (Å²) in [6.07, 6.45) is 4.77. The van der Waals surface area contributed by atoms with E-state index < -0.39 is 0 Å². The highest BCUT2D eigenvalue weighted by molar-refractivity contribution is 4.91. The molecular weight excluding hydrogens is 248 g/mol. The fourth-order valence-electron chi connectivity index (χ4n) is 3.35. The Morgan fingerprint density at radius 2 is 1.70 bits per heavy atom. The summed E-state index contributed by atoms with van der Waals surface area (Å²) in [6.45, 7) is 16.2. The number of hydrogen-bond donors (Lipinski definition) is 1. The van der Waals surface area contributed by atoms with Crippen LogP contribution in [0.5, 0.6) is 0 Å². The molecule has 120 valence electrons. The number of ether oxygens (including phenoxy) is 1. The molecule has 3 nitrogen and oxygen atoms in total. The van der Waals surface area contributed by atoms with Gasteiger partial charge in [-0.3, -0.25) is 0 Å². The van der Waals surface area contributed by atoms with Crippen LogP contribution < -0.4 is 5.73 Å². The third-order valence-corrected chi connectivity index (χ3v) is 5.20.